The lowest BCUT2D eigenvalue weighted by atomic mass is 10.2. The van der Waals surface area contributed by atoms with Gasteiger partial charge in [-0.1, -0.05) is 28.1 Å². The topological polar surface area (TPSA) is 44.7 Å². The highest BCUT2D eigenvalue weighted by atomic mass is 79.9. The van der Waals surface area contributed by atoms with E-state index >= 15 is 0 Å². The molecule has 0 saturated heterocycles. The first-order valence-electron chi connectivity index (χ1n) is 7.58. The van der Waals surface area contributed by atoms with Crippen molar-refractivity contribution < 1.29 is 4.79 Å². The number of amides is 1. The molecule has 0 bridgehead atoms. The van der Waals surface area contributed by atoms with Crippen LogP contribution in [-0.4, -0.2) is 25.2 Å². The van der Waals surface area contributed by atoms with Gasteiger partial charge in [-0.05, 0) is 55.8 Å². The van der Waals surface area contributed by atoms with Crippen LogP contribution in [0, 0.1) is 0 Å². The van der Waals surface area contributed by atoms with Crippen LogP contribution >= 0.6 is 15.9 Å². The molecule has 4 nitrogen and oxygen atoms in total. The molecule has 2 aromatic carbocycles. The summed E-state index contributed by atoms with van der Waals surface area (Å²) in [7, 11) is 0. The summed E-state index contributed by atoms with van der Waals surface area (Å²) < 4.78 is 0.972. The van der Waals surface area contributed by atoms with Crippen molar-refractivity contribution in [1.29, 1.82) is 0 Å². The predicted molar refractivity (Wildman–Crippen MR) is 99.2 cm³/mol. The molecule has 0 saturated carbocycles. The van der Waals surface area contributed by atoms with E-state index in [0.717, 1.165) is 28.8 Å². The molecule has 120 valence electrons. The summed E-state index contributed by atoms with van der Waals surface area (Å²) in [4.78, 5) is 14.3. The third-order valence-electron chi connectivity index (χ3n) is 3.49. The van der Waals surface area contributed by atoms with Crippen molar-refractivity contribution in [3.63, 3.8) is 0 Å². The molecular weight excluding hydrogens is 354 g/mol. The monoisotopic (exact) mass is 373 g/mol. The van der Waals surface area contributed by atoms with Crippen LogP contribution in [0.25, 0.3) is 0 Å². The van der Waals surface area contributed by atoms with Gasteiger partial charge in [-0.25, -0.2) is 5.43 Å². The van der Waals surface area contributed by atoms with Gasteiger partial charge in [0, 0.05) is 28.8 Å². The van der Waals surface area contributed by atoms with Crippen LogP contribution in [0.1, 0.15) is 29.8 Å². The summed E-state index contributed by atoms with van der Waals surface area (Å²) >= 11 is 3.40. The maximum absolute atomic E-state index is 12.1. The molecule has 23 heavy (non-hydrogen) atoms. The Labute approximate surface area is 145 Å². The van der Waals surface area contributed by atoms with Gasteiger partial charge in [0.2, 0.25) is 0 Å². The van der Waals surface area contributed by atoms with E-state index in [1.54, 1.807) is 6.21 Å². The number of hydrazone groups is 1. The molecule has 0 atom stereocenters. The lowest BCUT2D eigenvalue weighted by Gasteiger charge is -2.20. The Bertz CT molecular complexity index is 679. The number of carbonyl (C=O) groups is 1. The summed E-state index contributed by atoms with van der Waals surface area (Å²) in [6.07, 6.45) is 1.62. The summed E-state index contributed by atoms with van der Waals surface area (Å²) in [5, 5.41) is 3.99. The third-order valence-corrected chi connectivity index (χ3v) is 3.98. The summed E-state index contributed by atoms with van der Waals surface area (Å²) in [5.41, 5.74) is 5.16. The van der Waals surface area contributed by atoms with Gasteiger partial charge in [-0.15, -0.1) is 0 Å². The van der Waals surface area contributed by atoms with E-state index in [2.05, 4.69) is 45.2 Å². The van der Waals surface area contributed by atoms with Crippen molar-refractivity contribution in [3.05, 3.63) is 64.1 Å². The van der Waals surface area contributed by atoms with Crippen LogP contribution < -0.4 is 10.3 Å². The maximum atomic E-state index is 12.1. The Kier molecular flexibility index (Phi) is 6.35. The minimum Gasteiger partial charge on any atom is -0.372 e. The Morgan fingerprint density at radius 3 is 2.48 bits per heavy atom. The number of hydrogen-bond acceptors (Lipinski definition) is 3. The van der Waals surface area contributed by atoms with Gasteiger partial charge in [0.05, 0.1) is 6.21 Å². The molecular formula is C18H20BrN3O. The van der Waals surface area contributed by atoms with Gasteiger partial charge in [-0.2, -0.15) is 5.10 Å². The second kappa shape index (κ2) is 8.48. The van der Waals surface area contributed by atoms with E-state index in [9.17, 15) is 4.79 Å². The Morgan fingerprint density at radius 1 is 1.17 bits per heavy atom. The fourth-order valence-corrected chi connectivity index (χ4v) is 2.65. The molecule has 0 fully saturated rings. The molecule has 0 heterocycles. The average Bonchev–Trinajstić information content (AvgIpc) is 2.56. The predicted octanol–water partition coefficient (Wildman–Crippen LogP) is 4.06. The zero-order chi connectivity index (χ0) is 16.7. The van der Waals surface area contributed by atoms with Gasteiger partial charge < -0.3 is 4.90 Å². The molecule has 0 aromatic heterocycles. The molecule has 1 N–H and O–H groups in total. The second-order valence-corrected chi connectivity index (χ2v) is 5.89. The number of halogens is 1. The molecule has 0 aliphatic heterocycles. The van der Waals surface area contributed by atoms with Crippen LogP contribution in [0.2, 0.25) is 0 Å². The summed E-state index contributed by atoms with van der Waals surface area (Å²) in [6.45, 7) is 6.11. The number of anilines is 1. The summed E-state index contributed by atoms with van der Waals surface area (Å²) in [6, 6.07) is 15.2. The number of nitrogens with zero attached hydrogens (tertiary/aromatic N) is 2. The van der Waals surface area contributed by atoms with Gasteiger partial charge in [0.25, 0.3) is 5.91 Å². The van der Waals surface area contributed by atoms with Crippen LogP contribution in [0.15, 0.2) is 58.1 Å². The zero-order valence-corrected chi connectivity index (χ0v) is 14.9. The molecule has 0 radical (unpaired) electrons. The molecule has 0 aliphatic rings. The highest BCUT2D eigenvalue weighted by Gasteiger charge is 2.06. The molecule has 0 spiro atoms. The largest absolute Gasteiger partial charge is 0.372 e. The lowest BCUT2D eigenvalue weighted by molar-refractivity contribution is 0.0955. The minimum absolute atomic E-state index is 0.220. The van der Waals surface area contributed by atoms with E-state index < -0.39 is 0 Å². The Balaban J connectivity index is 1.98. The van der Waals surface area contributed by atoms with Crippen molar-refractivity contribution in [1.82, 2.24) is 5.43 Å². The molecule has 0 unspecified atom stereocenters. The Hall–Kier alpha value is -2.14. The van der Waals surface area contributed by atoms with E-state index in [0.29, 0.717) is 5.56 Å². The minimum atomic E-state index is -0.220. The number of carbonyl (C=O) groups excluding carboxylic acids is 1. The van der Waals surface area contributed by atoms with E-state index in [1.165, 1.54) is 0 Å². The third kappa shape index (κ3) is 4.93. The van der Waals surface area contributed by atoms with E-state index in [-0.39, 0.29) is 5.91 Å². The quantitative estimate of drug-likeness (QED) is 0.612. The fourth-order valence-electron chi connectivity index (χ4n) is 2.23. The molecule has 5 heteroatoms. The SMILES string of the molecule is CCN(CC)c1ccc(C(=O)N/N=C\c2cccc(Br)c2)cc1. The molecule has 2 rings (SSSR count). The maximum Gasteiger partial charge on any atom is 0.271 e. The molecule has 2 aromatic rings. The standard InChI is InChI=1S/C18H20BrN3O/c1-3-22(4-2)17-10-8-15(9-11-17)18(23)21-20-13-14-6-5-7-16(19)12-14/h5-13H,3-4H2,1-2H3,(H,21,23)/b20-13-. The number of nitrogens with one attached hydrogen (secondary N) is 1. The molecule has 0 aliphatic carbocycles. The van der Waals surface area contributed by atoms with Crippen LogP contribution in [0.4, 0.5) is 5.69 Å². The van der Waals surface area contributed by atoms with E-state index in [4.69, 9.17) is 0 Å². The van der Waals surface area contributed by atoms with Crippen LogP contribution in [-0.2, 0) is 0 Å². The van der Waals surface area contributed by atoms with Crippen molar-refractivity contribution in [2.24, 2.45) is 5.10 Å². The first kappa shape index (κ1) is 17.2. The average molecular weight is 374 g/mol. The van der Waals surface area contributed by atoms with Crippen molar-refractivity contribution >= 4 is 33.7 Å². The highest BCUT2D eigenvalue weighted by Crippen LogP contribution is 2.15. The van der Waals surface area contributed by atoms with Crippen LogP contribution in [0.5, 0.6) is 0 Å². The van der Waals surface area contributed by atoms with E-state index in [1.807, 2.05) is 48.5 Å². The van der Waals surface area contributed by atoms with Gasteiger partial charge in [0.1, 0.15) is 0 Å². The first-order valence-corrected chi connectivity index (χ1v) is 8.37. The van der Waals surface area contributed by atoms with Gasteiger partial charge >= 0.3 is 0 Å². The van der Waals surface area contributed by atoms with Crippen LogP contribution in [0.3, 0.4) is 0 Å². The summed E-state index contributed by atoms with van der Waals surface area (Å²) in [5.74, 6) is -0.220. The van der Waals surface area contributed by atoms with Gasteiger partial charge in [0.15, 0.2) is 0 Å². The smallest absolute Gasteiger partial charge is 0.271 e. The van der Waals surface area contributed by atoms with Crippen molar-refractivity contribution in [3.8, 4) is 0 Å². The number of hydrogen-bond donors (Lipinski definition) is 1. The molecule has 1 amide bonds. The zero-order valence-electron chi connectivity index (χ0n) is 13.3. The highest BCUT2D eigenvalue weighted by molar-refractivity contribution is 9.10. The Morgan fingerprint density at radius 2 is 1.87 bits per heavy atom. The van der Waals surface area contributed by atoms with Gasteiger partial charge in [-0.3, -0.25) is 4.79 Å². The van der Waals surface area contributed by atoms with Crippen molar-refractivity contribution in [2.75, 3.05) is 18.0 Å². The number of rotatable bonds is 6. The lowest BCUT2D eigenvalue weighted by Crippen LogP contribution is -2.22. The van der Waals surface area contributed by atoms with Crippen molar-refractivity contribution in [2.45, 2.75) is 13.8 Å². The first-order chi connectivity index (χ1) is 11.1. The number of benzene rings is 2. The second-order valence-electron chi connectivity index (χ2n) is 4.97. The fraction of sp³-hybridized carbons (Fsp3) is 0.222. The normalized spacial score (nSPS) is 10.7.